The summed E-state index contributed by atoms with van der Waals surface area (Å²) in [6, 6.07) is 2.10. The first-order valence-electron chi connectivity index (χ1n) is 7.89. The molecule has 3 unspecified atom stereocenters. The number of halogens is 3. The Kier molecular flexibility index (Phi) is 4.60. The summed E-state index contributed by atoms with van der Waals surface area (Å²) in [4.78, 5) is 11.2. The van der Waals surface area contributed by atoms with E-state index in [0.29, 0.717) is 30.6 Å². The quantitative estimate of drug-likeness (QED) is 0.596. The smallest absolute Gasteiger partial charge is 0.207 e. The Bertz CT molecular complexity index is 613. The lowest BCUT2D eigenvalue weighted by Gasteiger charge is -2.39. The monoisotopic (exact) mass is 359 g/mol. The molecule has 2 N–H and O–H groups in total. The molecule has 0 aromatic heterocycles. The maximum Gasteiger partial charge on any atom is 0.207 e. The molecule has 3 rings (SSSR count). The van der Waals surface area contributed by atoms with Crippen molar-refractivity contribution >= 4 is 29.6 Å². The average molecular weight is 360 g/mol. The summed E-state index contributed by atoms with van der Waals surface area (Å²) in [6.07, 6.45) is 2.79. The third-order valence-corrected chi connectivity index (χ3v) is 6.69. The molecular weight excluding hydrogens is 340 g/mol. The minimum atomic E-state index is -0.585. The number of amides is 1. The molecule has 3 nitrogen and oxygen atoms in total. The number of hydrogen-bond donors (Lipinski definition) is 2. The first-order valence-corrected chi connectivity index (χ1v) is 8.64. The fourth-order valence-corrected chi connectivity index (χ4v) is 5.01. The van der Waals surface area contributed by atoms with Crippen molar-refractivity contribution in [3.63, 3.8) is 0 Å². The number of aliphatic hydroxyl groups is 1. The number of nitrogens with one attached hydrogen (secondary N) is 1. The second-order valence-electron chi connectivity index (χ2n) is 6.91. The molecule has 0 aliphatic heterocycles. The number of hydrogen-bond acceptors (Lipinski definition) is 2. The van der Waals surface area contributed by atoms with Gasteiger partial charge in [0.25, 0.3) is 0 Å². The highest BCUT2D eigenvalue weighted by molar-refractivity contribution is 6.42. The predicted octanol–water partition coefficient (Wildman–Crippen LogP) is 3.96. The lowest BCUT2D eigenvalue weighted by Crippen LogP contribution is -2.39. The van der Waals surface area contributed by atoms with Crippen molar-refractivity contribution in [2.24, 2.45) is 23.2 Å². The minimum Gasteiger partial charge on any atom is -0.396 e. The molecule has 0 radical (unpaired) electrons. The van der Waals surface area contributed by atoms with Crippen molar-refractivity contribution in [3.8, 4) is 0 Å². The van der Waals surface area contributed by atoms with Crippen LogP contribution in [0.25, 0.3) is 0 Å². The van der Waals surface area contributed by atoms with Crippen LogP contribution < -0.4 is 5.32 Å². The number of carbonyl (C=O) groups is 1. The van der Waals surface area contributed by atoms with Gasteiger partial charge in [-0.1, -0.05) is 30.1 Å². The normalized spacial score (nSPS) is 33.2. The van der Waals surface area contributed by atoms with Crippen LogP contribution in [-0.4, -0.2) is 18.1 Å². The highest BCUT2D eigenvalue weighted by Gasteiger charge is 2.61. The van der Waals surface area contributed by atoms with Gasteiger partial charge in [0.15, 0.2) is 0 Å². The molecule has 0 spiro atoms. The van der Waals surface area contributed by atoms with Gasteiger partial charge in [-0.2, -0.15) is 0 Å². The lowest BCUT2D eigenvalue weighted by atomic mass is 9.70. The van der Waals surface area contributed by atoms with Crippen LogP contribution in [-0.2, 0) is 4.79 Å². The van der Waals surface area contributed by atoms with Crippen molar-refractivity contribution in [2.45, 2.75) is 32.2 Å². The van der Waals surface area contributed by atoms with Crippen LogP contribution in [0.3, 0.4) is 0 Å². The number of benzene rings is 1. The molecule has 0 saturated heterocycles. The highest BCUT2D eigenvalue weighted by Crippen LogP contribution is 2.68. The Labute approximate surface area is 145 Å². The Morgan fingerprint density at radius 1 is 1.43 bits per heavy atom. The predicted molar refractivity (Wildman–Crippen MR) is 87.9 cm³/mol. The van der Waals surface area contributed by atoms with Gasteiger partial charge in [-0.15, -0.1) is 0 Å². The van der Waals surface area contributed by atoms with Crippen LogP contribution >= 0.6 is 23.2 Å². The number of rotatable bonds is 6. The summed E-state index contributed by atoms with van der Waals surface area (Å²) in [7, 11) is 0. The molecule has 126 valence electrons. The summed E-state index contributed by atoms with van der Waals surface area (Å²) in [6.45, 7) is 2.21. The van der Waals surface area contributed by atoms with E-state index in [1.165, 1.54) is 12.1 Å². The summed E-state index contributed by atoms with van der Waals surface area (Å²) < 4.78 is 14.5. The van der Waals surface area contributed by atoms with E-state index in [-0.39, 0.29) is 27.6 Å². The largest absolute Gasteiger partial charge is 0.396 e. The molecule has 3 atom stereocenters. The van der Waals surface area contributed by atoms with Crippen LogP contribution in [0.15, 0.2) is 12.1 Å². The molecule has 2 aliphatic carbocycles. The third kappa shape index (κ3) is 2.75. The Balaban J connectivity index is 2.04. The van der Waals surface area contributed by atoms with E-state index in [1.54, 1.807) is 0 Å². The van der Waals surface area contributed by atoms with Gasteiger partial charge in [0.1, 0.15) is 5.82 Å². The maximum atomic E-state index is 14.5. The van der Waals surface area contributed by atoms with Crippen molar-refractivity contribution in [1.29, 1.82) is 0 Å². The molecule has 2 fully saturated rings. The van der Waals surface area contributed by atoms with Crippen LogP contribution in [0.1, 0.15) is 37.8 Å². The van der Waals surface area contributed by atoms with Crippen LogP contribution in [0.5, 0.6) is 0 Å². The molecule has 1 aromatic rings. The lowest BCUT2D eigenvalue weighted by molar-refractivity contribution is -0.111. The van der Waals surface area contributed by atoms with Crippen molar-refractivity contribution in [1.82, 2.24) is 5.32 Å². The standard InChI is InChI=1S/C17H20Cl2FNO2/c1-9-10-6-17(4-5-22,7-11(9)10)16(21-8-23)14-13(20)3-2-12(18)15(14)19/h2-3,8-11,16,22H,4-7H2,1H3,(H,21,23). The summed E-state index contributed by atoms with van der Waals surface area (Å²) >= 11 is 12.3. The summed E-state index contributed by atoms with van der Waals surface area (Å²) in [5, 5.41) is 12.7. The van der Waals surface area contributed by atoms with E-state index in [9.17, 15) is 14.3 Å². The van der Waals surface area contributed by atoms with E-state index in [4.69, 9.17) is 23.2 Å². The second-order valence-corrected chi connectivity index (χ2v) is 7.69. The van der Waals surface area contributed by atoms with Crippen LogP contribution in [0.4, 0.5) is 4.39 Å². The van der Waals surface area contributed by atoms with Crippen molar-refractivity contribution < 1.29 is 14.3 Å². The van der Waals surface area contributed by atoms with E-state index in [0.717, 1.165) is 12.8 Å². The SMILES string of the molecule is CC1C2CC(CCO)(C(NC=O)c3c(F)ccc(Cl)c3Cl)CC12. The van der Waals surface area contributed by atoms with Crippen molar-refractivity contribution in [2.75, 3.05) is 6.61 Å². The van der Waals surface area contributed by atoms with Gasteiger partial charge in [0.05, 0.1) is 16.1 Å². The zero-order valence-electron chi connectivity index (χ0n) is 12.9. The van der Waals surface area contributed by atoms with Crippen LogP contribution in [0, 0.1) is 29.0 Å². The van der Waals surface area contributed by atoms with Gasteiger partial charge >= 0.3 is 0 Å². The van der Waals surface area contributed by atoms with Gasteiger partial charge in [-0.3, -0.25) is 4.79 Å². The summed E-state index contributed by atoms with van der Waals surface area (Å²) in [5.41, 5.74) is -0.152. The first-order chi connectivity index (χ1) is 10.9. The molecule has 1 aromatic carbocycles. The Morgan fingerprint density at radius 2 is 2.09 bits per heavy atom. The van der Waals surface area contributed by atoms with Crippen molar-refractivity contribution in [3.05, 3.63) is 33.6 Å². The van der Waals surface area contributed by atoms with E-state index < -0.39 is 11.9 Å². The van der Waals surface area contributed by atoms with Gasteiger partial charge in [-0.25, -0.2) is 4.39 Å². The first kappa shape index (κ1) is 17.0. The van der Waals surface area contributed by atoms with Gasteiger partial charge in [-0.05, 0) is 54.6 Å². The fraction of sp³-hybridized carbons (Fsp3) is 0.588. The minimum absolute atomic E-state index is 0.00926. The number of fused-ring (bicyclic) bond motifs is 1. The van der Waals surface area contributed by atoms with Gasteiger partial charge in [0.2, 0.25) is 6.41 Å². The fourth-order valence-electron chi connectivity index (χ4n) is 4.58. The molecule has 6 heteroatoms. The average Bonchev–Trinajstić information content (AvgIpc) is 2.95. The Morgan fingerprint density at radius 3 is 2.65 bits per heavy atom. The zero-order valence-corrected chi connectivity index (χ0v) is 14.4. The second kappa shape index (κ2) is 6.23. The maximum absolute atomic E-state index is 14.5. The molecule has 0 bridgehead atoms. The molecule has 2 saturated carbocycles. The number of carbonyl (C=O) groups excluding carboxylic acids is 1. The summed E-state index contributed by atoms with van der Waals surface area (Å²) in [5.74, 6) is 1.35. The molecule has 2 aliphatic rings. The Hall–Kier alpha value is -0.840. The van der Waals surface area contributed by atoms with E-state index in [1.807, 2.05) is 0 Å². The molecule has 23 heavy (non-hydrogen) atoms. The third-order valence-electron chi connectivity index (χ3n) is 5.87. The van der Waals surface area contributed by atoms with Gasteiger partial charge in [0, 0.05) is 12.2 Å². The molecular formula is C17H20Cl2FNO2. The van der Waals surface area contributed by atoms with Crippen LogP contribution in [0.2, 0.25) is 10.0 Å². The molecule has 0 heterocycles. The topological polar surface area (TPSA) is 49.3 Å². The number of aliphatic hydroxyl groups excluding tert-OH is 1. The zero-order chi connectivity index (χ0) is 16.8. The van der Waals surface area contributed by atoms with E-state index >= 15 is 0 Å². The highest BCUT2D eigenvalue weighted by atomic mass is 35.5. The van der Waals surface area contributed by atoms with Gasteiger partial charge < -0.3 is 10.4 Å². The van der Waals surface area contributed by atoms with E-state index in [2.05, 4.69) is 12.2 Å². The molecule has 1 amide bonds.